The van der Waals surface area contributed by atoms with E-state index in [1.54, 1.807) is 24.3 Å². The van der Waals surface area contributed by atoms with Crippen molar-refractivity contribution in [2.45, 2.75) is 43.2 Å². The van der Waals surface area contributed by atoms with Crippen molar-refractivity contribution in [2.24, 2.45) is 0 Å². The van der Waals surface area contributed by atoms with Crippen LogP contribution in [0.4, 0.5) is 18.9 Å². The molecule has 34 heavy (non-hydrogen) atoms. The van der Waals surface area contributed by atoms with Crippen molar-refractivity contribution in [3.8, 4) is 11.5 Å². The number of alkyl halides is 3. The van der Waals surface area contributed by atoms with Gasteiger partial charge in [0.25, 0.3) is 0 Å². The zero-order valence-corrected chi connectivity index (χ0v) is 19.5. The van der Waals surface area contributed by atoms with E-state index >= 15 is 0 Å². The van der Waals surface area contributed by atoms with Crippen LogP contribution in [-0.2, 0) is 21.2 Å². The lowest BCUT2D eigenvalue weighted by Gasteiger charge is -2.21. The molecular formula is C23H27F3N2O5S. The molecule has 1 fully saturated rings. The number of nitrogens with zero attached hydrogens (tertiary/aromatic N) is 1. The summed E-state index contributed by atoms with van der Waals surface area (Å²) >= 11 is 0. The van der Waals surface area contributed by atoms with Gasteiger partial charge in [-0.15, -0.1) is 0 Å². The van der Waals surface area contributed by atoms with Crippen molar-refractivity contribution in [3.63, 3.8) is 0 Å². The Morgan fingerprint density at radius 3 is 2.26 bits per heavy atom. The van der Waals surface area contributed by atoms with Gasteiger partial charge in [-0.05, 0) is 48.7 Å². The molecule has 0 bridgehead atoms. The van der Waals surface area contributed by atoms with E-state index in [9.17, 15) is 26.4 Å². The zero-order chi connectivity index (χ0) is 24.8. The van der Waals surface area contributed by atoms with E-state index in [4.69, 9.17) is 9.47 Å². The SMILES string of the molecule is COc1ccc(CC(=O)Nc2cc(S(=O)(=O)N3CCCCCC3)ccc2OCC(F)(F)F)cc1. The predicted molar refractivity (Wildman–Crippen MR) is 121 cm³/mol. The second-order valence-corrected chi connectivity index (χ2v) is 9.89. The number of amides is 1. The van der Waals surface area contributed by atoms with Gasteiger partial charge < -0.3 is 14.8 Å². The maximum Gasteiger partial charge on any atom is 0.422 e. The van der Waals surface area contributed by atoms with Crippen molar-refractivity contribution in [2.75, 3.05) is 32.1 Å². The predicted octanol–water partition coefficient (Wildman–Crippen LogP) is 4.38. The molecule has 0 aromatic heterocycles. The number of anilines is 1. The van der Waals surface area contributed by atoms with Gasteiger partial charge in [-0.2, -0.15) is 17.5 Å². The molecule has 0 atom stereocenters. The molecule has 0 radical (unpaired) electrons. The second-order valence-electron chi connectivity index (χ2n) is 7.95. The molecule has 0 aliphatic carbocycles. The number of carbonyl (C=O) groups is 1. The molecule has 186 valence electrons. The van der Waals surface area contributed by atoms with Crippen molar-refractivity contribution in [1.82, 2.24) is 4.31 Å². The Morgan fingerprint density at radius 1 is 1.03 bits per heavy atom. The minimum absolute atomic E-state index is 0.0776. The first-order valence-corrected chi connectivity index (χ1v) is 12.3. The molecule has 1 amide bonds. The molecule has 1 aliphatic heterocycles. The number of methoxy groups -OCH3 is 1. The van der Waals surface area contributed by atoms with Gasteiger partial charge in [0.05, 0.1) is 24.1 Å². The Morgan fingerprint density at radius 2 is 1.68 bits per heavy atom. The van der Waals surface area contributed by atoms with Crippen molar-refractivity contribution < 1.29 is 35.9 Å². The molecule has 3 rings (SSSR count). The topological polar surface area (TPSA) is 84.9 Å². The molecule has 1 N–H and O–H groups in total. The fourth-order valence-corrected chi connectivity index (χ4v) is 5.15. The molecule has 1 saturated heterocycles. The third-order valence-corrected chi connectivity index (χ3v) is 7.24. The third-order valence-electron chi connectivity index (χ3n) is 5.34. The summed E-state index contributed by atoms with van der Waals surface area (Å²) in [6.45, 7) is -0.839. The van der Waals surface area contributed by atoms with Gasteiger partial charge in [-0.1, -0.05) is 25.0 Å². The number of rotatable bonds is 8. The van der Waals surface area contributed by atoms with Crippen LogP contribution in [-0.4, -0.2) is 51.6 Å². The fraction of sp³-hybridized carbons (Fsp3) is 0.435. The minimum Gasteiger partial charge on any atom is -0.497 e. The average Bonchev–Trinajstić information content (AvgIpc) is 3.08. The van der Waals surface area contributed by atoms with E-state index in [0.29, 0.717) is 24.4 Å². The van der Waals surface area contributed by atoms with Crippen LogP contribution in [0, 0.1) is 0 Å². The highest BCUT2D eigenvalue weighted by molar-refractivity contribution is 7.89. The van der Waals surface area contributed by atoms with E-state index in [-0.39, 0.29) is 22.8 Å². The molecule has 2 aromatic rings. The second kappa shape index (κ2) is 11.1. The minimum atomic E-state index is -4.60. The summed E-state index contributed by atoms with van der Waals surface area (Å²) in [4.78, 5) is 12.5. The van der Waals surface area contributed by atoms with Crippen molar-refractivity contribution in [1.29, 1.82) is 0 Å². The highest BCUT2D eigenvalue weighted by Gasteiger charge is 2.30. The van der Waals surface area contributed by atoms with Crippen LogP contribution in [0.2, 0.25) is 0 Å². The van der Waals surface area contributed by atoms with E-state index < -0.39 is 28.7 Å². The summed E-state index contributed by atoms with van der Waals surface area (Å²) in [6.07, 6.45) is -1.34. The molecule has 1 aliphatic rings. The third kappa shape index (κ3) is 7.10. The lowest BCUT2D eigenvalue weighted by molar-refractivity contribution is -0.153. The largest absolute Gasteiger partial charge is 0.497 e. The Hall–Kier alpha value is -2.79. The van der Waals surface area contributed by atoms with Gasteiger partial charge in [0.15, 0.2) is 6.61 Å². The molecule has 7 nitrogen and oxygen atoms in total. The van der Waals surface area contributed by atoms with Crippen LogP contribution in [0.15, 0.2) is 47.4 Å². The summed E-state index contributed by atoms with van der Waals surface area (Å²) in [5.41, 5.74) is 0.503. The van der Waals surface area contributed by atoms with Gasteiger partial charge in [0.1, 0.15) is 11.5 Å². The van der Waals surface area contributed by atoms with Gasteiger partial charge in [0.2, 0.25) is 15.9 Å². The molecule has 0 unspecified atom stereocenters. The molecule has 1 heterocycles. The number of carbonyl (C=O) groups excluding carboxylic acids is 1. The first-order chi connectivity index (χ1) is 16.1. The number of halogens is 3. The van der Waals surface area contributed by atoms with E-state index in [1.165, 1.54) is 17.5 Å². The standard InChI is InChI=1S/C23H27F3N2O5S/c1-32-18-8-6-17(7-9-18)14-22(29)27-20-15-19(10-11-21(20)33-16-23(24,25)26)34(30,31)28-12-4-2-3-5-13-28/h6-11,15H,2-5,12-14,16H2,1H3,(H,27,29). The summed E-state index contributed by atoms with van der Waals surface area (Å²) in [5.74, 6) is -0.194. The van der Waals surface area contributed by atoms with Crippen LogP contribution in [0.1, 0.15) is 31.2 Å². The summed E-state index contributed by atoms with van der Waals surface area (Å²) < 4.78 is 75.7. The molecule has 0 spiro atoms. The van der Waals surface area contributed by atoms with Crippen LogP contribution in [0.5, 0.6) is 11.5 Å². The zero-order valence-electron chi connectivity index (χ0n) is 18.7. The number of sulfonamides is 1. The maximum absolute atomic E-state index is 13.1. The van der Waals surface area contributed by atoms with Gasteiger partial charge in [-0.3, -0.25) is 4.79 Å². The summed E-state index contributed by atoms with van der Waals surface area (Å²) in [6, 6.07) is 10.2. The smallest absolute Gasteiger partial charge is 0.422 e. The Balaban J connectivity index is 1.85. The van der Waals surface area contributed by atoms with Gasteiger partial charge >= 0.3 is 6.18 Å². The van der Waals surface area contributed by atoms with Crippen molar-refractivity contribution >= 4 is 21.6 Å². The Kier molecular flexibility index (Phi) is 8.42. The van der Waals surface area contributed by atoms with Crippen LogP contribution < -0.4 is 14.8 Å². The number of hydrogen-bond acceptors (Lipinski definition) is 5. The quantitative estimate of drug-likeness (QED) is 0.582. The number of benzene rings is 2. The number of hydrogen-bond donors (Lipinski definition) is 1. The van der Waals surface area contributed by atoms with E-state index in [1.807, 2.05) is 0 Å². The Labute approximate surface area is 196 Å². The first-order valence-electron chi connectivity index (χ1n) is 10.8. The lowest BCUT2D eigenvalue weighted by Crippen LogP contribution is -2.32. The highest BCUT2D eigenvalue weighted by atomic mass is 32.2. The lowest BCUT2D eigenvalue weighted by atomic mass is 10.1. The average molecular weight is 501 g/mol. The normalized spacial score (nSPS) is 15.4. The molecule has 0 saturated carbocycles. The summed E-state index contributed by atoms with van der Waals surface area (Å²) in [5, 5.41) is 2.51. The highest BCUT2D eigenvalue weighted by Crippen LogP contribution is 2.31. The summed E-state index contributed by atoms with van der Waals surface area (Å²) in [7, 11) is -2.37. The molecule has 11 heteroatoms. The Bertz CT molecular complexity index is 1080. The van der Waals surface area contributed by atoms with E-state index in [2.05, 4.69) is 5.32 Å². The van der Waals surface area contributed by atoms with Crippen LogP contribution in [0.25, 0.3) is 0 Å². The fourth-order valence-electron chi connectivity index (χ4n) is 3.61. The maximum atomic E-state index is 13.1. The van der Waals surface area contributed by atoms with Crippen molar-refractivity contribution in [3.05, 3.63) is 48.0 Å². The molecule has 2 aromatic carbocycles. The first kappa shape index (κ1) is 25.8. The van der Waals surface area contributed by atoms with Gasteiger partial charge in [-0.25, -0.2) is 8.42 Å². The molecular weight excluding hydrogens is 473 g/mol. The van der Waals surface area contributed by atoms with E-state index in [0.717, 1.165) is 37.8 Å². The number of nitrogens with one attached hydrogen (secondary N) is 1. The van der Waals surface area contributed by atoms with Gasteiger partial charge in [0, 0.05) is 13.1 Å². The van der Waals surface area contributed by atoms with Crippen LogP contribution >= 0.6 is 0 Å². The monoisotopic (exact) mass is 500 g/mol. The van der Waals surface area contributed by atoms with Crippen LogP contribution in [0.3, 0.4) is 0 Å². The number of ether oxygens (including phenoxy) is 2.